The maximum atomic E-state index is 12.8. The second-order valence-corrected chi connectivity index (χ2v) is 5.33. The average molecular weight is 295 g/mol. The molecule has 4 nitrogen and oxygen atoms in total. The zero-order valence-corrected chi connectivity index (χ0v) is 12.6. The molecule has 0 spiro atoms. The lowest BCUT2D eigenvalue weighted by molar-refractivity contribution is 0.0954. The number of hydrogen-bond acceptors (Lipinski definition) is 3. The Bertz CT molecular complexity index is 752. The molecule has 4 heteroatoms. The topological polar surface area (TPSA) is 46.6 Å². The van der Waals surface area contributed by atoms with E-state index in [0.29, 0.717) is 29.8 Å². The first-order valence-electron chi connectivity index (χ1n) is 7.20. The number of ether oxygens (including phenoxy) is 1. The quantitative estimate of drug-likeness (QED) is 0.854. The zero-order valence-electron chi connectivity index (χ0n) is 12.6. The first-order valence-corrected chi connectivity index (χ1v) is 7.20. The van der Waals surface area contributed by atoms with E-state index in [0.717, 1.165) is 11.3 Å². The molecule has 0 unspecified atom stereocenters. The number of aryl methyl sites for hydroxylation is 1. The number of methoxy groups -OCH3 is 1. The molecule has 2 aromatic carbocycles. The largest absolute Gasteiger partial charge is 0.497 e. The summed E-state index contributed by atoms with van der Waals surface area (Å²) in [5.41, 5.74) is 2.85. The van der Waals surface area contributed by atoms with Crippen molar-refractivity contribution in [3.05, 3.63) is 59.2 Å². The number of fused-ring (bicyclic) bond motifs is 1. The van der Waals surface area contributed by atoms with Crippen molar-refractivity contribution in [3.8, 4) is 5.75 Å². The summed E-state index contributed by atoms with van der Waals surface area (Å²) >= 11 is 0. The number of anilines is 1. The molecule has 0 saturated carbocycles. The van der Waals surface area contributed by atoms with E-state index in [1.54, 1.807) is 42.3 Å². The number of carbonyl (C=O) groups excluding carboxylic acids is 2. The molecule has 1 aliphatic heterocycles. The number of Topliss-reactive ketones (excluding diaryl/α,β-unsaturated/α-hetero) is 1. The second-order valence-electron chi connectivity index (χ2n) is 5.33. The minimum atomic E-state index is -0.109. The lowest BCUT2D eigenvalue weighted by Crippen LogP contribution is -2.38. The van der Waals surface area contributed by atoms with Crippen LogP contribution in [-0.2, 0) is 0 Å². The van der Waals surface area contributed by atoms with Gasteiger partial charge in [0.15, 0.2) is 5.78 Å². The number of ketones is 1. The highest BCUT2D eigenvalue weighted by molar-refractivity contribution is 6.14. The van der Waals surface area contributed by atoms with Crippen LogP contribution in [0, 0.1) is 6.92 Å². The summed E-state index contributed by atoms with van der Waals surface area (Å²) in [4.78, 5) is 26.6. The second kappa shape index (κ2) is 5.64. The Balaban J connectivity index is 2.04. The van der Waals surface area contributed by atoms with Gasteiger partial charge in [-0.2, -0.15) is 0 Å². The standard InChI is InChI=1S/C18H17NO3/c1-12-5-3-8-15-16(20)9-10-19(17(12)15)18(21)13-6-4-7-14(11-13)22-2/h3-8,11H,9-10H2,1-2H3. The lowest BCUT2D eigenvalue weighted by Gasteiger charge is -2.30. The summed E-state index contributed by atoms with van der Waals surface area (Å²) < 4.78 is 5.18. The van der Waals surface area contributed by atoms with Crippen LogP contribution in [0.1, 0.15) is 32.7 Å². The van der Waals surface area contributed by atoms with Gasteiger partial charge in [-0.15, -0.1) is 0 Å². The van der Waals surface area contributed by atoms with E-state index in [9.17, 15) is 9.59 Å². The SMILES string of the molecule is COc1cccc(C(=O)N2CCC(=O)c3cccc(C)c32)c1. The van der Waals surface area contributed by atoms with Gasteiger partial charge in [0.25, 0.3) is 5.91 Å². The summed E-state index contributed by atoms with van der Waals surface area (Å²) in [6.45, 7) is 2.33. The van der Waals surface area contributed by atoms with E-state index in [-0.39, 0.29) is 11.7 Å². The molecule has 0 bridgehead atoms. The fraction of sp³-hybridized carbons (Fsp3) is 0.222. The van der Waals surface area contributed by atoms with Crippen LogP contribution in [0.5, 0.6) is 5.75 Å². The summed E-state index contributed by atoms with van der Waals surface area (Å²) in [5, 5.41) is 0. The molecule has 0 fully saturated rings. The Hall–Kier alpha value is -2.62. The molecule has 0 N–H and O–H groups in total. The van der Waals surface area contributed by atoms with E-state index < -0.39 is 0 Å². The summed E-state index contributed by atoms with van der Waals surface area (Å²) in [7, 11) is 1.57. The third kappa shape index (κ3) is 2.37. The first-order chi connectivity index (χ1) is 10.6. The molecule has 112 valence electrons. The van der Waals surface area contributed by atoms with Crippen molar-refractivity contribution >= 4 is 17.4 Å². The number of benzene rings is 2. The number of nitrogens with zero attached hydrogens (tertiary/aromatic N) is 1. The van der Waals surface area contributed by atoms with Gasteiger partial charge < -0.3 is 9.64 Å². The van der Waals surface area contributed by atoms with Gasteiger partial charge in [0.05, 0.1) is 12.8 Å². The highest BCUT2D eigenvalue weighted by Gasteiger charge is 2.29. The Morgan fingerprint density at radius 1 is 1.18 bits per heavy atom. The van der Waals surface area contributed by atoms with Gasteiger partial charge in [0.2, 0.25) is 0 Å². The van der Waals surface area contributed by atoms with Crippen LogP contribution in [0.4, 0.5) is 5.69 Å². The fourth-order valence-electron chi connectivity index (χ4n) is 2.82. The minimum absolute atomic E-state index is 0.0911. The summed E-state index contributed by atoms with van der Waals surface area (Å²) in [6.07, 6.45) is 0.353. The van der Waals surface area contributed by atoms with Gasteiger partial charge in [0, 0.05) is 24.1 Å². The molecule has 1 heterocycles. The van der Waals surface area contributed by atoms with E-state index in [4.69, 9.17) is 4.74 Å². The molecule has 0 atom stereocenters. The maximum absolute atomic E-state index is 12.8. The lowest BCUT2D eigenvalue weighted by atomic mass is 9.96. The smallest absolute Gasteiger partial charge is 0.258 e. The van der Waals surface area contributed by atoms with Gasteiger partial charge in [-0.3, -0.25) is 9.59 Å². The monoisotopic (exact) mass is 295 g/mol. The van der Waals surface area contributed by atoms with E-state index in [1.165, 1.54) is 0 Å². The van der Waals surface area contributed by atoms with Crippen LogP contribution < -0.4 is 9.64 Å². The predicted molar refractivity (Wildman–Crippen MR) is 84.8 cm³/mol. The highest BCUT2D eigenvalue weighted by Crippen LogP contribution is 2.32. The third-order valence-corrected chi connectivity index (χ3v) is 3.93. The van der Waals surface area contributed by atoms with Crippen LogP contribution in [-0.4, -0.2) is 25.3 Å². The van der Waals surface area contributed by atoms with Gasteiger partial charge in [-0.05, 0) is 36.8 Å². The van der Waals surface area contributed by atoms with E-state index in [2.05, 4.69) is 0 Å². The summed E-state index contributed by atoms with van der Waals surface area (Å²) in [5.74, 6) is 0.624. The van der Waals surface area contributed by atoms with Gasteiger partial charge >= 0.3 is 0 Å². The van der Waals surface area contributed by atoms with Crippen LogP contribution >= 0.6 is 0 Å². The molecule has 3 rings (SSSR count). The molecular weight excluding hydrogens is 278 g/mol. The third-order valence-electron chi connectivity index (χ3n) is 3.93. The number of para-hydroxylation sites is 1. The van der Waals surface area contributed by atoms with Crippen molar-refractivity contribution in [1.29, 1.82) is 0 Å². The number of rotatable bonds is 2. The normalized spacial score (nSPS) is 13.7. The van der Waals surface area contributed by atoms with Gasteiger partial charge in [-0.25, -0.2) is 0 Å². The molecule has 0 saturated heterocycles. The van der Waals surface area contributed by atoms with Crippen LogP contribution in [0.3, 0.4) is 0 Å². The number of amides is 1. The molecule has 0 radical (unpaired) electrons. The van der Waals surface area contributed by atoms with E-state index in [1.807, 2.05) is 19.1 Å². The fourth-order valence-corrected chi connectivity index (χ4v) is 2.82. The van der Waals surface area contributed by atoms with E-state index >= 15 is 0 Å². The zero-order chi connectivity index (χ0) is 15.7. The van der Waals surface area contributed by atoms with Crippen molar-refractivity contribution in [2.24, 2.45) is 0 Å². The molecule has 0 aromatic heterocycles. The molecule has 1 amide bonds. The molecular formula is C18H17NO3. The van der Waals surface area contributed by atoms with Gasteiger partial charge in [0.1, 0.15) is 5.75 Å². The Morgan fingerprint density at radius 3 is 2.73 bits per heavy atom. The van der Waals surface area contributed by atoms with Crippen molar-refractivity contribution in [3.63, 3.8) is 0 Å². The maximum Gasteiger partial charge on any atom is 0.258 e. The van der Waals surface area contributed by atoms with Crippen molar-refractivity contribution in [2.75, 3.05) is 18.6 Å². The summed E-state index contributed by atoms with van der Waals surface area (Å²) in [6, 6.07) is 12.6. The van der Waals surface area contributed by atoms with Crippen molar-refractivity contribution in [2.45, 2.75) is 13.3 Å². The molecule has 22 heavy (non-hydrogen) atoms. The van der Waals surface area contributed by atoms with Gasteiger partial charge in [-0.1, -0.05) is 18.2 Å². The van der Waals surface area contributed by atoms with Crippen LogP contribution in [0.25, 0.3) is 0 Å². The first kappa shape index (κ1) is 14.3. The van der Waals surface area contributed by atoms with Crippen LogP contribution in [0.2, 0.25) is 0 Å². The Labute approximate surface area is 129 Å². The highest BCUT2D eigenvalue weighted by atomic mass is 16.5. The van der Waals surface area contributed by atoms with Crippen molar-refractivity contribution < 1.29 is 14.3 Å². The molecule has 0 aliphatic carbocycles. The predicted octanol–water partition coefficient (Wildman–Crippen LogP) is 3.24. The Morgan fingerprint density at radius 2 is 1.95 bits per heavy atom. The molecule has 1 aliphatic rings. The minimum Gasteiger partial charge on any atom is -0.497 e. The van der Waals surface area contributed by atoms with Crippen molar-refractivity contribution in [1.82, 2.24) is 0 Å². The Kier molecular flexibility index (Phi) is 3.67. The van der Waals surface area contributed by atoms with Crippen LogP contribution in [0.15, 0.2) is 42.5 Å². The number of carbonyl (C=O) groups is 2. The molecule has 2 aromatic rings. The number of hydrogen-bond donors (Lipinski definition) is 0. The average Bonchev–Trinajstić information content (AvgIpc) is 2.55.